The van der Waals surface area contributed by atoms with Gasteiger partial charge in [0.25, 0.3) is 0 Å². The molecule has 1 aromatic heterocycles. The molecule has 0 bridgehead atoms. The van der Waals surface area contributed by atoms with Crippen molar-refractivity contribution in [1.29, 1.82) is 5.26 Å². The third kappa shape index (κ3) is 1.30. The summed E-state index contributed by atoms with van der Waals surface area (Å²) < 4.78 is 1.93. The van der Waals surface area contributed by atoms with Gasteiger partial charge >= 0.3 is 0 Å². The van der Waals surface area contributed by atoms with Crippen LogP contribution in [0.25, 0.3) is 5.69 Å². The van der Waals surface area contributed by atoms with Gasteiger partial charge in [0.15, 0.2) is 0 Å². The van der Waals surface area contributed by atoms with Crippen molar-refractivity contribution in [2.75, 3.05) is 0 Å². The van der Waals surface area contributed by atoms with E-state index in [0.29, 0.717) is 5.56 Å². The zero-order valence-corrected chi connectivity index (χ0v) is 8.64. The van der Waals surface area contributed by atoms with Crippen LogP contribution in [0.3, 0.4) is 0 Å². The standard InChI is InChI=1S/C12H10N4/c13-5-9-1-3-11(4-2-9)16-12-8-14-6-10(12)7-15-16/h1-4,7,14H,6,8H2. The summed E-state index contributed by atoms with van der Waals surface area (Å²) in [5.74, 6) is 0. The molecule has 0 radical (unpaired) electrons. The average molecular weight is 210 g/mol. The van der Waals surface area contributed by atoms with Gasteiger partial charge in [-0.3, -0.25) is 0 Å². The first kappa shape index (κ1) is 9.13. The summed E-state index contributed by atoms with van der Waals surface area (Å²) >= 11 is 0. The maximum absolute atomic E-state index is 8.73. The summed E-state index contributed by atoms with van der Waals surface area (Å²) in [5.41, 5.74) is 4.14. The number of nitriles is 1. The lowest BCUT2D eigenvalue weighted by atomic mass is 10.2. The Balaban J connectivity index is 2.06. The molecule has 0 amide bonds. The van der Waals surface area contributed by atoms with Crippen LogP contribution >= 0.6 is 0 Å². The van der Waals surface area contributed by atoms with E-state index >= 15 is 0 Å². The predicted octanol–water partition coefficient (Wildman–Crippen LogP) is 1.35. The number of hydrogen-bond donors (Lipinski definition) is 1. The number of rotatable bonds is 1. The predicted molar refractivity (Wildman–Crippen MR) is 58.8 cm³/mol. The Hall–Kier alpha value is -2.12. The summed E-state index contributed by atoms with van der Waals surface area (Å²) in [4.78, 5) is 0. The van der Waals surface area contributed by atoms with Crippen molar-refractivity contribution in [3.05, 3.63) is 47.3 Å². The lowest BCUT2D eigenvalue weighted by Crippen LogP contribution is -2.07. The largest absolute Gasteiger partial charge is 0.307 e. The molecule has 1 aromatic carbocycles. The van der Waals surface area contributed by atoms with Crippen LogP contribution in [-0.4, -0.2) is 9.78 Å². The number of aromatic nitrogens is 2. The first-order valence-electron chi connectivity index (χ1n) is 5.15. The minimum atomic E-state index is 0.672. The third-order valence-electron chi connectivity index (χ3n) is 2.80. The zero-order valence-electron chi connectivity index (χ0n) is 8.64. The van der Waals surface area contributed by atoms with Gasteiger partial charge in [0.1, 0.15) is 0 Å². The van der Waals surface area contributed by atoms with Gasteiger partial charge in [0, 0.05) is 18.7 Å². The van der Waals surface area contributed by atoms with Crippen molar-refractivity contribution in [2.24, 2.45) is 0 Å². The van der Waals surface area contributed by atoms with Crippen LogP contribution in [0.1, 0.15) is 16.8 Å². The molecular formula is C12H10N4. The molecule has 0 saturated heterocycles. The fourth-order valence-electron chi connectivity index (χ4n) is 1.96. The highest BCUT2D eigenvalue weighted by Crippen LogP contribution is 2.19. The van der Waals surface area contributed by atoms with E-state index in [9.17, 15) is 0 Å². The molecule has 1 aliphatic heterocycles. The molecule has 1 N–H and O–H groups in total. The van der Waals surface area contributed by atoms with Crippen molar-refractivity contribution in [3.8, 4) is 11.8 Å². The Kier molecular flexibility index (Phi) is 1.98. The molecule has 78 valence electrons. The van der Waals surface area contributed by atoms with Crippen LogP contribution in [0, 0.1) is 11.3 Å². The van der Waals surface area contributed by atoms with E-state index in [4.69, 9.17) is 5.26 Å². The molecule has 2 heterocycles. The van der Waals surface area contributed by atoms with Gasteiger partial charge in [0.2, 0.25) is 0 Å². The Bertz CT molecular complexity index is 560. The van der Waals surface area contributed by atoms with Crippen molar-refractivity contribution in [3.63, 3.8) is 0 Å². The van der Waals surface area contributed by atoms with Gasteiger partial charge in [0.05, 0.1) is 29.2 Å². The van der Waals surface area contributed by atoms with Gasteiger partial charge < -0.3 is 5.32 Å². The van der Waals surface area contributed by atoms with E-state index in [1.54, 1.807) is 0 Å². The van der Waals surface area contributed by atoms with E-state index in [1.807, 2.05) is 35.1 Å². The molecular weight excluding hydrogens is 200 g/mol. The highest BCUT2D eigenvalue weighted by Gasteiger charge is 2.16. The van der Waals surface area contributed by atoms with Crippen LogP contribution < -0.4 is 5.32 Å². The second-order valence-corrected chi connectivity index (χ2v) is 3.79. The molecule has 2 aromatic rings. The van der Waals surface area contributed by atoms with Crippen LogP contribution in [0.2, 0.25) is 0 Å². The van der Waals surface area contributed by atoms with E-state index < -0.39 is 0 Å². The summed E-state index contributed by atoms with van der Waals surface area (Å²) in [6, 6.07) is 9.57. The second kappa shape index (κ2) is 3.47. The van der Waals surface area contributed by atoms with Crippen molar-refractivity contribution in [2.45, 2.75) is 13.1 Å². The molecule has 4 heteroatoms. The van der Waals surface area contributed by atoms with Gasteiger partial charge in [-0.2, -0.15) is 10.4 Å². The summed E-state index contributed by atoms with van der Waals surface area (Å²) in [6.45, 7) is 1.75. The minimum absolute atomic E-state index is 0.672. The zero-order chi connectivity index (χ0) is 11.0. The van der Waals surface area contributed by atoms with Gasteiger partial charge in [-0.1, -0.05) is 0 Å². The third-order valence-corrected chi connectivity index (χ3v) is 2.80. The topological polar surface area (TPSA) is 53.6 Å². The highest BCUT2D eigenvalue weighted by molar-refractivity contribution is 5.41. The van der Waals surface area contributed by atoms with Gasteiger partial charge in [-0.05, 0) is 24.3 Å². The van der Waals surface area contributed by atoms with Crippen LogP contribution in [0.5, 0.6) is 0 Å². The SMILES string of the molecule is N#Cc1ccc(-n2ncc3c2CNC3)cc1. The molecule has 0 saturated carbocycles. The Morgan fingerprint density at radius 3 is 2.81 bits per heavy atom. The quantitative estimate of drug-likeness (QED) is 0.773. The number of fused-ring (bicyclic) bond motifs is 1. The fraction of sp³-hybridized carbons (Fsp3) is 0.167. The molecule has 16 heavy (non-hydrogen) atoms. The number of nitrogens with one attached hydrogen (secondary N) is 1. The van der Waals surface area contributed by atoms with Gasteiger partial charge in [-0.25, -0.2) is 4.68 Å². The molecule has 0 atom stereocenters. The maximum atomic E-state index is 8.73. The number of nitrogens with zero attached hydrogens (tertiary/aromatic N) is 3. The van der Waals surface area contributed by atoms with E-state index in [2.05, 4.69) is 16.5 Å². The normalized spacial score (nSPS) is 13.4. The minimum Gasteiger partial charge on any atom is -0.307 e. The van der Waals surface area contributed by atoms with E-state index in [0.717, 1.165) is 18.8 Å². The Labute approximate surface area is 93.1 Å². The van der Waals surface area contributed by atoms with Crippen LogP contribution in [0.4, 0.5) is 0 Å². The molecule has 3 rings (SSSR count). The smallest absolute Gasteiger partial charge is 0.0991 e. The Morgan fingerprint density at radius 1 is 1.25 bits per heavy atom. The van der Waals surface area contributed by atoms with Crippen molar-refractivity contribution >= 4 is 0 Å². The lowest BCUT2D eigenvalue weighted by molar-refractivity contribution is 0.711. The first-order chi connectivity index (χ1) is 7.88. The molecule has 4 nitrogen and oxygen atoms in total. The summed E-state index contributed by atoms with van der Waals surface area (Å²) in [5, 5.41) is 16.4. The number of benzene rings is 1. The van der Waals surface area contributed by atoms with Crippen LogP contribution in [-0.2, 0) is 13.1 Å². The molecule has 0 aliphatic carbocycles. The summed E-state index contributed by atoms with van der Waals surface area (Å²) in [7, 11) is 0. The molecule has 0 fully saturated rings. The van der Waals surface area contributed by atoms with E-state index in [1.165, 1.54) is 11.3 Å². The molecule has 0 unspecified atom stereocenters. The Morgan fingerprint density at radius 2 is 2.06 bits per heavy atom. The van der Waals surface area contributed by atoms with E-state index in [-0.39, 0.29) is 0 Å². The average Bonchev–Trinajstić information content (AvgIpc) is 2.91. The maximum Gasteiger partial charge on any atom is 0.0991 e. The molecule has 0 spiro atoms. The van der Waals surface area contributed by atoms with Gasteiger partial charge in [-0.15, -0.1) is 0 Å². The number of hydrogen-bond acceptors (Lipinski definition) is 3. The van der Waals surface area contributed by atoms with Crippen molar-refractivity contribution < 1.29 is 0 Å². The lowest BCUT2D eigenvalue weighted by Gasteiger charge is -2.04. The monoisotopic (exact) mass is 210 g/mol. The highest BCUT2D eigenvalue weighted by atomic mass is 15.3. The summed E-state index contributed by atoms with van der Waals surface area (Å²) in [6.07, 6.45) is 1.90. The molecule has 1 aliphatic rings. The second-order valence-electron chi connectivity index (χ2n) is 3.79. The fourth-order valence-corrected chi connectivity index (χ4v) is 1.96. The van der Waals surface area contributed by atoms with Crippen LogP contribution in [0.15, 0.2) is 30.5 Å². The first-order valence-corrected chi connectivity index (χ1v) is 5.15. The van der Waals surface area contributed by atoms with Crippen molar-refractivity contribution in [1.82, 2.24) is 15.1 Å².